The summed E-state index contributed by atoms with van der Waals surface area (Å²) in [6.45, 7) is 1.75. The Kier molecular flexibility index (Phi) is 4.51. The van der Waals surface area contributed by atoms with Crippen molar-refractivity contribution in [3.63, 3.8) is 0 Å². The number of nitrogens with zero attached hydrogens (tertiary/aromatic N) is 2. The summed E-state index contributed by atoms with van der Waals surface area (Å²) in [6.07, 6.45) is 0. The third kappa shape index (κ3) is 3.25. The smallest absolute Gasteiger partial charge is 0.325 e. The highest BCUT2D eigenvalue weighted by atomic mass is 32.1. The van der Waals surface area contributed by atoms with E-state index >= 15 is 0 Å². The molecule has 31 heavy (non-hydrogen) atoms. The molecule has 0 saturated carbocycles. The van der Waals surface area contributed by atoms with Crippen LogP contribution in [-0.2, 0) is 16.9 Å². The van der Waals surface area contributed by atoms with Gasteiger partial charge in [0.2, 0.25) is 0 Å². The zero-order valence-corrected chi connectivity index (χ0v) is 17.7. The van der Waals surface area contributed by atoms with Crippen molar-refractivity contribution in [1.29, 1.82) is 0 Å². The van der Waals surface area contributed by atoms with Crippen molar-refractivity contribution in [1.82, 2.24) is 15.2 Å². The molecule has 8 heteroatoms. The number of ether oxygens (including phenoxy) is 1. The topological polar surface area (TPSA) is 84.7 Å². The van der Waals surface area contributed by atoms with Gasteiger partial charge in [0.15, 0.2) is 5.54 Å². The van der Waals surface area contributed by atoms with Gasteiger partial charge in [0.05, 0.1) is 19.3 Å². The van der Waals surface area contributed by atoms with Crippen molar-refractivity contribution in [3.05, 3.63) is 71.4 Å². The van der Waals surface area contributed by atoms with Gasteiger partial charge in [0.1, 0.15) is 22.1 Å². The lowest BCUT2D eigenvalue weighted by molar-refractivity contribution is -0.132. The molecule has 2 aromatic carbocycles. The highest BCUT2D eigenvalue weighted by molar-refractivity contribution is 7.13. The Bertz CT molecular complexity index is 1260. The average Bonchev–Trinajstić information content (AvgIpc) is 3.48. The number of carbonyl (C=O) groups excluding carboxylic acids is 2. The number of thiazole rings is 1. The first-order valence-electron chi connectivity index (χ1n) is 9.70. The standard InChI is InChI=1S/C23H19N3O4S/c1-23(19-11-15-5-3-4-6-18(15)30-19)21(27)26(22(28)25-23)12-16-13-31-20(24-16)14-7-9-17(29-2)10-8-14/h3-11,13H,12H2,1-2H3,(H,25,28). The second-order valence-corrected chi connectivity index (χ2v) is 8.33. The number of imide groups is 1. The summed E-state index contributed by atoms with van der Waals surface area (Å²) in [4.78, 5) is 31.7. The van der Waals surface area contributed by atoms with Gasteiger partial charge in [-0.05, 0) is 43.3 Å². The monoisotopic (exact) mass is 433 g/mol. The van der Waals surface area contributed by atoms with Crippen LogP contribution in [0.3, 0.4) is 0 Å². The number of para-hydroxylation sites is 1. The molecule has 3 heterocycles. The summed E-state index contributed by atoms with van der Waals surface area (Å²) in [6, 6.07) is 16.4. The fourth-order valence-electron chi connectivity index (χ4n) is 3.64. The molecule has 5 rings (SSSR count). The number of hydrogen-bond acceptors (Lipinski definition) is 6. The molecule has 3 amide bonds. The maximum atomic E-state index is 13.2. The molecule has 1 unspecified atom stereocenters. The number of nitrogens with one attached hydrogen (secondary N) is 1. The Balaban J connectivity index is 1.38. The second-order valence-electron chi connectivity index (χ2n) is 7.47. The number of amides is 3. The van der Waals surface area contributed by atoms with Crippen LogP contribution in [0.15, 0.2) is 64.4 Å². The summed E-state index contributed by atoms with van der Waals surface area (Å²) >= 11 is 1.46. The van der Waals surface area contributed by atoms with E-state index in [-0.39, 0.29) is 12.5 Å². The van der Waals surface area contributed by atoms with Gasteiger partial charge in [0, 0.05) is 16.3 Å². The third-order valence-electron chi connectivity index (χ3n) is 5.40. The van der Waals surface area contributed by atoms with Crippen LogP contribution in [0, 0.1) is 0 Å². The first-order valence-corrected chi connectivity index (χ1v) is 10.6. The summed E-state index contributed by atoms with van der Waals surface area (Å²) < 4.78 is 11.1. The molecule has 4 aromatic rings. The summed E-state index contributed by atoms with van der Waals surface area (Å²) in [7, 11) is 1.62. The first kappa shape index (κ1) is 19.3. The van der Waals surface area contributed by atoms with Gasteiger partial charge in [0.25, 0.3) is 5.91 Å². The van der Waals surface area contributed by atoms with Crippen LogP contribution < -0.4 is 10.1 Å². The number of benzene rings is 2. The number of methoxy groups -OCH3 is 1. The molecule has 1 aliphatic rings. The molecule has 7 nitrogen and oxygen atoms in total. The molecular weight excluding hydrogens is 414 g/mol. The molecule has 1 aliphatic heterocycles. The molecule has 156 valence electrons. The maximum Gasteiger partial charge on any atom is 0.325 e. The van der Waals surface area contributed by atoms with Crippen LogP contribution in [0.25, 0.3) is 21.5 Å². The fraction of sp³-hybridized carbons (Fsp3) is 0.174. The lowest BCUT2D eigenvalue weighted by Gasteiger charge is -2.18. The number of urea groups is 1. The molecule has 1 fully saturated rings. The predicted octanol–water partition coefficient (Wildman–Crippen LogP) is 4.53. The normalized spacial score (nSPS) is 18.6. The summed E-state index contributed by atoms with van der Waals surface area (Å²) in [5, 5.41) is 6.33. The van der Waals surface area contributed by atoms with E-state index in [4.69, 9.17) is 9.15 Å². The summed E-state index contributed by atoms with van der Waals surface area (Å²) in [5.74, 6) is 0.812. The summed E-state index contributed by atoms with van der Waals surface area (Å²) in [5.41, 5.74) is 1.00. The van der Waals surface area contributed by atoms with E-state index in [0.717, 1.165) is 21.7 Å². The molecule has 0 bridgehead atoms. The van der Waals surface area contributed by atoms with Crippen molar-refractivity contribution in [2.45, 2.75) is 19.0 Å². The van der Waals surface area contributed by atoms with E-state index in [0.29, 0.717) is 17.0 Å². The minimum atomic E-state index is -1.26. The minimum absolute atomic E-state index is 0.0904. The molecular formula is C23H19N3O4S. The number of rotatable bonds is 5. The van der Waals surface area contributed by atoms with Crippen molar-refractivity contribution in [2.75, 3.05) is 7.11 Å². The largest absolute Gasteiger partial charge is 0.497 e. The number of furan rings is 1. The quantitative estimate of drug-likeness (QED) is 0.468. The third-order valence-corrected chi connectivity index (χ3v) is 6.34. The lowest BCUT2D eigenvalue weighted by atomic mass is 9.99. The molecule has 0 radical (unpaired) electrons. The lowest BCUT2D eigenvalue weighted by Crippen LogP contribution is -2.40. The zero-order chi connectivity index (χ0) is 21.6. The van der Waals surface area contributed by atoms with Gasteiger partial charge in [-0.2, -0.15) is 0 Å². The number of aromatic nitrogens is 1. The van der Waals surface area contributed by atoms with Crippen molar-refractivity contribution in [2.24, 2.45) is 0 Å². The molecule has 1 saturated heterocycles. The van der Waals surface area contributed by atoms with Crippen molar-refractivity contribution >= 4 is 34.2 Å². The van der Waals surface area contributed by atoms with Crippen molar-refractivity contribution in [3.8, 4) is 16.3 Å². The molecule has 1 atom stereocenters. The van der Waals surface area contributed by atoms with Gasteiger partial charge in [-0.15, -0.1) is 11.3 Å². The Morgan fingerprint density at radius 2 is 1.94 bits per heavy atom. The van der Waals surface area contributed by atoms with Crippen LogP contribution in [0.2, 0.25) is 0 Å². The van der Waals surface area contributed by atoms with Gasteiger partial charge in [-0.25, -0.2) is 9.78 Å². The van der Waals surface area contributed by atoms with E-state index in [1.165, 1.54) is 16.2 Å². The van der Waals surface area contributed by atoms with Crippen LogP contribution in [-0.4, -0.2) is 28.9 Å². The highest BCUT2D eigenvalue weighted by Crippen LogP contribution is 2.34. The fourth-order valence-corrected chi connectivity index (χ4v) is 4.46. The van der Waals surface area contributed by atoms with Crippen LogP contribution >= 0.6 is 11.3 Å². The van der Waals surface area contributed by atoms with Crippen LogP contribution in [0.5, 0.6) is 5.75 Å². The number of hydrogen-bond donors (Lipinski definition) is 1. The predicted molar refractivity (Wildman–Crippen MR) is 117 cm³/mol. The van der Waals surface area contributed by atoms with E-state index in [1.54, 1.807) is 20.1 Å². The second kappa shape index (κ2) is 7.24. The van der Waals surface area contributed by atoms with Gasteiger partial charge >= 0.3 is 6.03 Å². The number of carbonyl (C=O) groups is 2. The Morgan fingerprint density at radius 3 is 2.68 bits per heavy atom. The van der Waals surface area contributed by atoms with Gasteiger partial charge in [-0.1, -0.05) is 18.2 Å². The van der Waals surface area contributed by atoms with E-state index in [1.807, 2.05) is 53.9 Å². The Hall–Kier alpha value is -3.65. The Morgan fingerprint density at radius 1 is 1.16 bits per heavy atom. The van der Waals surface area contributed by atoms with Gasteiger partial charge < -0.3 is 14.5 Å². The SMILES string of the molecule is COc1ccc(-c2nc(CN3C(=O)NC(C)(c4cc5ccccc5o4)C3=O)cs2)cc1. The first-order chi connectivity index (χ1) is 15.0. The zero-order valence-electron chi connectivity index (χ0n) is 16.9. The molecule has 0 aliphatic carbocycles. The number of fused-ring (bicyclic) bond motifs is 1. The highest BCUT2D eigenvalue weighted by Gasteiger charge is 2.51. The average molecular weight is 433 g/mol. The minimum Gasteiger partial charge on any atom is -0.497 e. The van der Waals surface area contributed by atoms with Gasteiger partial charge in [-0.3, -0.25) is 9.69 Å². The van der Waals surface area contributed by atoms with Crippen LogP contribution in [0.4, 0.5) is 4.79 Å². The molecule has 1 N–H and O–H groups in total. The van der Waals surface area contributed by atoms with E-state index < -0.39 is 11.6 Å². The Labute approximate surface area is 182 Å². The molecule has 0 spiro atoms. The maximum absolute atomic E-state index is 13.2. The van der Waals surface area contributed by atoms with Crippen molar-refractivity contribution < 1.29 is 18.7 Å². The molecule has 2 aromatic heterocycles. The van der Waals surface area contributed by atoms with E-state index in [9.17, 15) is 9.59 Å². The van der Waals surface area contributed by atoms with Crippen LogP contribution in [0.1, 0.15) is 18.4 Å². The van der Waals surface area contributed by atoms with E-state index in [2.05, 4.69) is 10.3 Å².